The van der Waals surface area contributed by atoms with Gasteiger partial charge in [-0.1, -0.05) is 48.3 Å². The number of hydrogen-bond acceptors (Lipinski definition) is 5. The Balaban J connectivity index is 0.000000493. The van der Waals surface area contributed by atoms with Crippen LogP contribution in [-0.2, 0) is 4.74 Å². The van der Waals surface area contributed by atoms with Crippen LogP contribution in [0.15, 0.2) is 43.0 Å². The number of aryl methyl sites for hydroxylation is 1. The first kappa shape index (κ1) is 26.5. The lowest BCUT2D eigenvalue weighted by atomic mass is 10.1. The van der Waals surface area contributed by atoms with Gasteiger partial charge in [-0.3, -0.25) is 4.79 Å². The van der Waals surface area contributed by atoms with Crippen molar-refractivity contribution in [3.05, 3.63) is 69.7 Å². The number of aromatic hydroxyl groups is 1. The van der Waals surface area contributed by atoms with Crippen LogP contribution < -0.4 is 4.74 Å². The minimum absolute atomic E-state index is 0.0830. The van der Waals surface area contributed by atoms with E-state index in [2.05, 4.69) is 6.58 Å². The van der Waals surface area contributed by atoms with E-state index < -0.39 is 0 Å². The Morgan fingerprint density at radius 1 is 1.24 bits per heavy atom. The summed E-state index contributed by atoms with van der Waals surface area (Å²) in [7, 11) is 1.37. The maximum absolute atomic E-state index is 11.4. The second-order valence-electron chi connectivity index (χ2n) is 5.65. The van der Waals surface area contributed by atoms with Gasteiger partial charge in [-0.2, -0.15) is 0 Å². The lowest BCUT2D eigenvalue weighted by Gasteiger charge is -2.11. The van der Waals surface area contributed by atoms with Crippen LogP contribution in [0, 0.1) is 6.92 Å². The molecule has 0 aliphatic heterocycles. The third-order valence-electron chi connectivity index (χ3n) is 3.24. The number of phenols is 1. The number of esters is 1. The monoisotopic (exact) mass is 440 g/mol. The molecule has 0 bridgehead atoms. The molecule has 0 spiro atoms. The number of methoxy groups -OCH3 is 1. The highest BCUT2D eigenvalue weighted by molar-refractivity contribution is 6.37. The number of aldehydes is 1. The molecule has 2 rings (SSSR count). The molecule has 0 heterocycles. The predicted octanol–water partition coefficient (Wildman–Crippen LogP) is 6.27. The normalized spacial score (nSPS) is 9.17. The summed E-state index contributed by atoms with van der Waals surface area (Å²) in [5.41, 5.74) is 1.79. The second kappa shape index (κ2) is 14.5. The zero-order valence-electron chi connectivity index (χ0n) is 17.0. The van der Waals surface area contributed by atoms with Crippen molar-refractivity contribution < 1.29 is 24.2 Å². The number of para-hydroxylation sites is 1. The van der Waals surface area contributed by atoms with Crippen LogP contribution in [0.2, 0.25) is 10.0 Å². The average molecular weight is 441 g/mol. The van der Waals surface area contributed by atoms with Crippen molar-refractivity contribution in [2.45, 2.75) is 27.2 Å². The largest absolute Gasteiger partial charge is 0.505 e. The van der Waals surface area contributed by atoms with Gasteiger partial charge in [-0.25, -0.2) is 4.79 Å². The minimum Gasteiger partial charge on any atom is -0.505 e. The quantitative estimate of drug-likeness (QED) is 0.336. The molecule has 0 aliphatic rings. The number of carbonyl (C=O) groups excluding carboxylic acids is 2. The number of hydrogen-bond donors (Lipinski definition) is 1. The van der Waals surface area contributed by atoms with Crippen LogP contribution in [0.3, 0.4) is 0 Å². The third-order valence-corrected chi connectivity index (χ3v) is 3.82. The molecule has 0 saturated heterocycles. The number of ether oxygens (including phenoxy) is 2. The van der Waals surface area contributed by atoms with Crippen LogP contribution in [0.1, 0.15) is 46.5 Å². The summed E-state index contributed by atoms with van der Waals surface area (Å²) in [6.07, 6.45) is 3.27. The number of phenolic OH excluding ortho intramolecular Hbond substituents is 1. The Morgan fingerprint density at radius 3 is 2.24 bits per heavy atom. The van der Waals surface area contributed by atoms with Gasteiger partial charge in [0.15, 0.2) is 5.75 Å². The lowest BCUT2D eigenvalue weighted by molar-refractivity contribution is 0.0595. The summed E-state index contributed by atoms with van der Waals surface area (Å²) < 4.78 is 10.2. The molecule has 0 atom stereocenters. The average Bonchev–Trinajstić information content (AvgIpc) is 2.71. The molecule has 2 aromatic rings. The van der Waals surface area contributed by atoms with Crippen molar-refractivity contribution in [2.24, 2.45) is 0 Å². The summed E-state index contributed by atoms with van der Waals surface area (Å²) >= 11 is 11.0. The SMILES string of the molecule is C=CC.CCCOc1c(C)cccc1C(=O)OC.O=Cc1cc(Cl)c(O)c(Cl)c1. The number of benzene rings is 2. The maximum atomic E-state index is 11.4. The van der Waals surface area contributed by atoms with Gasteiger partial charge >= 0.3 is 5.97 Å². The van der Waals surface area contributed by atoms with E-state index in [1.807, 2.05) is 32.9 Å². The van der Waals surface area contributed by atoms with Gasteiger partial charge in [0.25, 0.3) is 0 Å². The van der Waals surface area contributed by atoms with Gasteiger partial charge < -0.3 is 14.6 Å². The Morgan fingerprint density at radius 2 is 1.79 bits per heavy atom. The van der Waals surface area contributed by atoms with Crippen LogP contribution in [-0.4, -0.2) is 31.1 Å². The Bertz CT molecular complexity index is 796. The van der Waals surface area contributed by atoms with E-state index in [4.69, 9.17) is 37.8 Å². The van der Waals surface area contributed by atoms with Crippen molar-refractivity contribution in [1.29, 1.82) is 0 Å². The molecule has 0 aliphatic carbocycles. The van der Waals surface area contributed by atoms with Gasteiger partial charge in [-0.15, -0.1) is 6.58 Å². The summed E-state index contributed by atoms with van der Waals surface area (Å²) in [5.74, 6) is 0.0786. The zero-order chi connectivity index (χ0) is 22.4. The number of allylic oxidation sites excluding steroid dienone is 1. The molecule has 1 N–H and O–H groups in total. The van der Waals surface area contributed by atoms with Gasteiger partial charge in [0.05, 0.1) is 23.8 Å². The first-order chi connectivity index (χ1) is 13.8. The van der Waals surface area contributed by atoms with Crippen molar-refractivity contribution >= 4 is 35.5 Å². The summed E-state index contributed by atoms with van der Waals surface area (Å²) in [6, 6.07) is 8.13. The fraction of sp³-hybridized carbons (Fsp3) is 0.273. The molecule has 0 unspecified atom stereocenters. The van der Waals surface area contributed by atoms with Crippen molar-refractivity contribution in [2.75, 3.05) is 13.7 Å². The number of carbonyl (C=O) groups is 2. The van der Waals surface area contributed by atoms with Gasteiger partial charge in [0, 0.05) is 5.56 Å². The van der Waals surface area contributed by atoms with E-state index in [1.54, 1.807) is 12.1 Å². The van der Waals surface area contributed by atoms with Crippen LogP contribution in [0.5, 0.6) is 11.5 Å². The van der Waals surface area contributed by atoms with E-state index in [0.29, 0.717) is 29.8 Å². The third kappa shape index (κ3) is 9.03. The smallest absolute Gasteiger partial charge is 0.341 e. The van der Waals surface area contributed by atoms with Gasteiger partial charge in [-0.05, 0) is 44.0 Å². The van der Waals surface area contributed by atoms with Crippen LogP contribution in [0.25, 0.3) is 0 Å². The summed E-state index contributed by atoms with van der Waals surface area (Å²) in [6.45, 7) is 9.79. The summed E-state index contributed by atoms with van der Waals surface area (Å²) in [5, 5.41) is 9.21. The Hall–Kier alpha value is -2.50. The Kier molecular flexibility index (Phi) is 13.2. The van der Waals surface area contributed by atoms with Crippen LogP contribution >= 0.6 is 23.2 Å². The standard InChI is InChI=1S/C12H16O3.C7H4Cl2O2.C3H6/c1-4-8-15-11-9(2)6-5-7-10(11)12(13)14-3;8-5-1-4(3-10)2-6(9)7(5)11;1-3-2/h5-7H,4,8H2,1-3H3;1-3,11H;3H,1H2,2H3. The fourth-order valence-electron chi connectivity index (χ4n) is 1.97. The molecule has 0 aromatic heterocycles. The molecule has 2 aromatic carbocycles. The molecule has 158 valence electrons. The second-order valence-corrected chi connectivity index (χ2v) is 6.47. The van der Waals surface area contributed by atoms with Crippen molar-refractivity contribution in [1.82, 2.24) is 0 Å². The molecule has 0 radical (unpaired) electrons. The maximum Gasteiger partial charge on any atom is 0.341 e. The first-order valence-corrected chi connectivity index (χ1v) is 9.53. The molecular weight excluding hydrogens is 415 g/mol. The molecule has 29 heavy (non-hydrogen) atoms. The number of rotatable bonds is 5. The highest BCUT2D eigenvalue weighted by atomic mass is 35.5. The van der Waals surface area contributed by atoms with Crippen molar-refractivity contribution in [3.8, 4) is 11.5 Å². The molecule has 7 heteroatoms. The highest BCUT2D eigenvalue weighted by Gasteiger charge is 2.14. The highest BCUT2D eigenvalue weighted by Crippen LogP contribution is 2.32. The van der Waals surface area contributed by atoms with E-state index >= 15 is 0 Å². The predicted molar refractivity (Wildman–Crippen MR) is 118 cm³/mol. The summed E-state index contributed by atoms with van der Waals surface area (Å²) in [4.78, 5) is 21.7. The van der Waals surface area contributed by atoms with Crippen LogP contribution in [0.4, 0.5) is 0 Å². The van der Waals surface area contributed by atoms with E-state index in [9.17, 15) is 9.59 Å². The van der Waals surface area contributed by atoms with Gasteiger partial charge in [0.2, 0.25) is 0 Å². The molecule has 0 fully saturated rings. The zero-order valence-corrected chi connectivity index (χ0v) is 18.5. The lowest BCUT2D eigenvalue weighted by Crippen LogP contribution is -2.07. The van der Waals surface area contributed by atoms with E-state index in [-0.39, 0.29) is 21.8 Å². The molecular formula is C22H26Cl2O5. The van der Waals surface area contributed by atoms with E-state index in [0.717, 1.165) is 12.0 Å². The Labute approximate surface area is 181 Å². The number of halogens is 2. The minimum atomic E-state index is -0.357. The first-order valence-electron chi connectivity index (χ1n) is 8.78. The fourth-order valence-corrected chi connectivity index (χ4v) is 2.48. The van der Waals surface area contributed by atoms with Gasteiger partial charge in [0.1, 0.15) is 17.6 Å². The van der Waals surface area contributed by atoms with E-state index in [1.165, 1.54) is 19.2 Å². The molecule has 5 nitrogen and oxygen atoms in total. The molecule has 0 amide bonds. The van der Waals surface area contributed by atoms with Crippen molar-refractivity contribution in [3.63, 3.8) is 0 Å². The topological polar surface area (TPSA) is 72.8 Å². The molecule has 0 saturated carbocycles.